The largest absolute Gasteiger partial charge is 0.0665 e. The molecule has 0 amide bonds. The van der Waals surface area contributed by atoms with Crippen LogP contribution in [0.5, 0.6) is 0 Å². The van der Waals surface area contributed by atoms with E-state index in [1.165, 1.54) is 6.16 Å². The molecule has 0 nitrogen and oxygen atoms in total. The molecule has 0 aliphatic heterocycles. The lowest BCUT2D eigenvalue weighted by atomic mass is 10.4. The van der Waals surface area contributed by atoms with Crippen molar-refractivity contribution < 1.29 is 0 Å². The molecule has 0 aliphatic rings. The Hall–Kier alpha value is -0.660. The summed E-state index contributed by atoms with van der Waals surface area (Å²) < 4.78 is 0. The predicted molar refractivity (Wildman–Crippen MR) is 82.9 cm³/mol. The summed E-state index contributed by atoms with van der Waals surface area (Å²) in [6.07, 6.45) is 1.40. The molecular weight excluding hydrogens is 261 g/mol. The van der Waals surface area contributed by atoms with E-state index in [9.17, 15) is 0 Å². The van der Waals surface area contributed by atoms with Gasteiger partial charge in [-0.2, -0.15) is 0 Å². The molecule has 0 aliphatic carbocycles. The smallest absolute Gasteiger partial charge is 0.00600 e. The van der Waals surface area contributed by atoms with Gasteiger partial charge in [0.2, 0.25) is 0 Å². The molecule has 17 heavy (non-hydrogen) atoms. The van der Waals surface area contributed by atoms with E-state index in [-0.39, 0.29) is 13.8 Å². The summed E-state index contributed by atoms with van der Waals surface area (Å²) in [6.45, 7) is 3.03. The molecule has 0 N–H and O–H groups in total. The van der Waals surface area contributed by atoms with Gasteiger partial charge < -0.3 is 0 Å². The monoisotopic (exact) mass is 276 g/mol. The zero-order valence-electron chi connectivity index (χ0n) is 9.82. The molecule has 0 saturated carbocycles. The van der Waals surface area contributed by atoms with Crippen molar-refractivity contribution in [2.75, 3.05) is 0 Å². The molecule has 0 spiro atoms. The van der Waals surface area contributed by atoms with Crippen LogP contribution in [0.25, 0.3) is 10.6 Å². The molecule has 3 rings (SSSR count). The van der Waals surface area contributed by atoms with Crippen molar-refractivity contribution in [3.63, 3.8) is 0 Å². The van der Waals surface area contributed by atoms with Crippen LogP contribution < -0.4 is 0 Å². The maximum absolute atomic E-state index is 2.37. The van der Waals surface area contributed by atoms with Gasteiger partial charge in [0, 0.05) is 10.6 Å². The minimum atomic E-state index is 0.181. The summed E-state index contributed by atoms with van der Waals surface area (Å²) in [5.74, 6) is 0. The number of rotatable bonds is 3. The van der Waals surface area contributed by atoms with Crippen LogP contribution in [0.15, 0.2) is 60.7 Å². The molecule has 86 valence electrons. The Morgan fingerprint density at radius 1 is 0.706 bits per heavy atom. The first-order chi connectivity index (χ1) is 8.42. The van der Waals surface area contributed by atoms with Gasteiger partial charge in [0.25, 0.3) is 0 Å². The molecule has 1 aromatic heterocycles. The highest BCUT2D eigenvalue weighted by Gasteiger charge is 2.22. The zero-order chi connectivity index (χ0) is 11.7. The minimum Gasteiger partial charge on any atom is -0.0665 e. The van der Waals surface area contributed by atoms with Crippen molar-refractivity contribution in [2.24, 2.45) is 0 Å². The zero-order valence-corrected chi connectivity index (χ0v) is 12.5. The van der Waals surface area contributed by atoms with E-state index in [0.29, 0.717) is 6.89 Å². The second-order valence-electron chi connectivity index (χ2n) is 3.94. The van der Waals surface area contributed by atoms with Crippen LogP contribution in [0.1, 0.15) is 6.92 Å². The highest BCUT2D eigenvalue weighted by atomic mass is 32.7. The highest BCUT2D eigenvalue weighted by Crippen LogP contribution is 2.94. The topological polar surface area (TPSA) is 0 Å². The van der Waals surface area contributed by atoms with Gasteiger partial charge in [-0.15, -0.1) is 0 Å². The summed E-state index contributed by atoms with van der Waals surface area (Å²) in [7, 11) is 0. The fraction of sp³-hybridized carbons (Fsp3) is 0.143. The lowest BCUT2D eigenvalue weighted by Gasteiger charge is -1.93. The van der Waals surface area contributed by atoms with E-state index in [2.05, 4.69) is 67.6 Å². The maximum Gasteiger partial charge on any atom is 0.00600 e. The van der Waals surface area contributed by atoms with Gasteiger partial charge in [0.15, 0.2) is 0 Å². The molecule has 2 unspecified atom stereocenters. The summed E-state index contributed by atoms with van der Waals surface area (Å²) in [6, 6.07) is 22.4. The van der Waals surface area contributed by atoms with E-state index in [4.69, 9.17) is 0 Å². The summed E-state index contributed by atoms with van der Waals surface area (Å²) in [5, 5.41) is 3.26. The van der Waals surface area contributed by atoms with Gasteiger partial charge in [-0.05, 0) is 19.9 Å². The van der Waals surface area contributed by atoms with Gasteiger partial charge in [0.1, 0.15) is 0 Å². The van der Waals surface area contributed by atoms with Crippen LogP contribution in [0.3, 0.4) is 0 Å². The van der Waals surface area contributed by atoms with Crippen molar-refractivity contribution in [2.45, 2.75) is 13.1 Å². The number of benzene rings is 2. The predicted octanol–water partition coefficient (Wildman–Crippen LogP) is 6.64. The third-order valence-electron chi connectivity index (χ3n) is 2.84. The fourth-order valence-electron chi connectivity index (χ4n) is 2.03. The van der Waals surface area contributed by atoms with Crippen molar-refractivity contribution in [1.29, 1.82) is 0 Å². The van der Waals surface area contributed by atoms with E-state index in [0.717, 1.165) is 0 Å². The number of hydrogen-bond donors (Lipinski definition) is 0. The van der Waals surface area contributed by atoms with Gasteiger partial charge >= 0.3 is 0 Å². The van der Waals surface area contributed by atoms with Crippen LogP contribution in [-0.2, 0) is 6.16 Å². The Balaban J connectivity index is 2.04. The molecule has 0 radical (unpaired) electrons. The van der Waals surface area contributed by atoms with Gasteiger partial charge in [-0.25, -0.2) is 0 Å². The van der Waals surface area contributed by atoms with E-state index >= 15 is 0 Å². The summed E-state index contributed by atoms with van der Waals surface area (Å²) in [4.78, 5) is 0. The Kier molecular flexibility index (Phi) is 3.30. The molecule has 0 saturated heterocycles. The quantitative estimate of drug-likeness (QED) is 0.502. The second-order valence-corrected chi connectivity index (χ2v) is 18.0. The Bertz CT molecular complexity index is 532. The normalized spacial score (nSPS) is 14.1. The third-order valence-corrected chi connectivity index (χ3v) is 21.2. The van der Waals surface area contributed by atoms with Crippen molar-refractivity contribution in [3.05, 3.63) is 60.7 Å². The van der Waals surface area contributed by atoms with Crippen LogP contribution in [-0.4, -0.2) is 0 Å². The lowest BCUT2D eigenvalue weighted by molar-refractivity contribution is 1.40. The average molecular weight is 276 g/mol. The van der Waals surface area contributed by atoms with Crippen molar-refractivity contribution >= 4 is 20.7 Å². The van der Waals surface area contributed by atoms with Crippen LogP contribution in [0.2, 0.25) is 0 Å². The first-order valence-electron chi connectivity index (χ1n) is 5.89. The standard InChI is InChI=1S/C14H15P3/c1-2-15-16(13-9-5-3-6-10-13)17(15)14-11-7-4-8-12-14/h3-12H,2H2,1H3. The van der Waals surface area contributed by atoms with Gasteiger partial charge in [0.05, 0.1) is 0 Å². The Morgan fingerprint density at radius 2 is 1.12 bits per heavy atom. The van der Waals surface area contributed by atoms with Gasteiger partial charge in [-0.3, -0.25) is 0 Å². The molecule has 2 aromatic carbocycles. The highest BCUT2D eigenvalue weighted by molar-refractivity contribution is 8.75. The fourth-order valence-corrected chi connectivity index (χ4v) is 24.2. The van der Waals surface area contributed by atoms with E-state index in [1.807, 2.05) is 0 Å². The lowest BCUT2D eigenvalue weighted by Crippen LogP contribution is -1.59. The SMILES string of the molecule is CCp1p(-c2ccccc2)p1-c1ccccc1. The van der Waals surface area contributed by atoms with Crippen LogP contribution in [0, 0.1) is 0 Å². The molecule has 0 fully saturated rings. The maximum atomic E-state index is 2.37. The van der Waals surface area contributed by atoms with Crippen LogP contribution >= 0.6 is 20.7 Å². The average Bonchev–Trinajstić information content (AvgIpc) is 3.15. The second kappa shape index (κ2) is 4.91. The minimum absolute atomic E-state index is 0.181. The van der Waals surface area contributed by atoms with E-state index in [1.54, 1.807) is 10.6 Å². The first kappa shape index (κ1) is 11.4. The molecule has 3 heteroatoms. The van der Waals surface area contributed by atoms with Crippen LogP contribution in [0.4, 0.5) is 0 Å². The number of hydrogen-bond acceptors (Lipinski definition) is 0. The summed E-state index contributed by atoms with van der Waals surface area (Å²) >= 11 is 0. The van der Waals surface area contributed by atoms with E-state index < -0.39 is 0 Å². The third kappa shape index (κ3) is 2.19. The molecular formula is C14H15P3. The molecule has 1 heterocycles. The Labute approximate surface area is 105 Å². The molecule has 0 bridgehead atoms. The molecule has 3 aromatic rings. The van der Waals surface area contributed by atoms with Crippen molar-refractivity contribution in [3.8, 4) is 10.6 Å². The molecule has 2 atom stereocenters. The summed E-state index contributed by atoms with van der Waals surface area (Å²) in [5.41, 5.74) is 0. The first-order valence-corrected chi connectivity index (χ1v) is 12.2. The Morgan fingerprint density at radius 3 is 1.47 bits per heavy atom. The van der Waals surface area contributed by atoms with Gasteiger partial charge in [-0.1, -0.05) is 74.5 Å². The van der Waals surface area contributed by atoms with Crippen molar-refractivity contribution in [1.82, 2.24) is 0 Å².